The van der Waals surface area contributed by atoms with E-state index in [1.54, 1.807) is 48.5 Å². The van der Waals surface area contributed by atoms with Crippen molar-refractivity contribution >= 4 is 11.7 Å². The van der Waals surface area contributed by atoms with Crippen molar-refractivity contribution in [2.24, 2.45) is 0 Å². The zero-order chi connectivity index (χ0) is 27.6. The predicted octanol–water partition coefficient (Wildman–Crippen LogP) is 7.20. The summed E-state index contributed by atoms with van der Waals surface area (Å²) in [5, 5.41) is 0. The number of esters is 1. The lowest BCUT2D eigenvalue weighted by Gasteiger charge is -2.19. The molecule has 0 saturated carbocycles. The van der Waals surface area contributed by atoms with Crippen molar-refractivity contribution in [3.05, 3.63) is 122 Å². The second kappa shape index (κ2) is 10.4. The van der Waals surface area contributed by atoms with E-state index in [0.29, 0.717) is 22.3 Å². The Labute approximate surface area is 217 Å². The molecule has 0 fully saturated rings. The molecule has 4 aromatic rings. The van der Waals surface area contributed by atoms with E-state index in [4.69, 9.17) is 11.3 Å². The molecule has 0 aliphatic rings. The molecule has 0 saturated heterocycles. The minimum atomic E-state index is -4.89. The average molecular weight is 517 g/mol. The number of benzene rings is 3. The number of ether oxygens (including phenoxy) is 1. The minimum absolute atomic E-state index is 0.0109. The van der Waals surface area contributed by atoms with Gasteiger partial charge in [-0.15, -0.1) is 0 Å². The van der Waals surface area contributed by atoms with Crippen LogP contribution in [0.2, 0.25) is 0 Å². The van der Waals surface area contributed by atoms with E-state index in [2.05, 4.69) is 4.85 Å². The van der Waals surface area contributed by atoms with E-state index in [9.17, 15) is 22.8 Å². The first-order valence-corrected chi connectivity index (χ1v) is 11.6. The quantitative estimate of drug-likeness (QED) is 0.208. The molecule has 3 aromatic carbocycles. The Morgan fingerprint density at radius 3 is 2.24 bits per heavy atom. The highest BCUT2D eigenvalue weighted by Crippen LogP contribution is 2.38. The molecule has 0 N–H and O–H groups in total. The number of nitrogens with zero attached hydrogens (tertiary/aromatic N) is 2. The Morgan fingerprint density at radius 2 is 1.61 bits per heavy atom. The molecule has 0 amide bonds. The number of rotatable bonds is 5. The molecular weight excluding hydrogens is 493 g/mol. The standard InChI is InChI=1S/C30H23F3N2O3/c1-18-11-12-24(19(2)13-18)17-35-26(16-25(30(31,32)33)27(34-3)28(35)36)22-9-5-7-20(14-22)21-8-6-10-23(15-21)29(37)38-4/h5-16H,17H2,1-2,4H3. The van der Waals surface area contributed by atoms with Crippen molar-refractivity contribution in [2.45, 2.75) is 26.6 Å². The largest absolute Gasteiger partial charge is 0.465 e. The molecule has 5 nitrogen and oxygen atoms in total. The van der Waals surface area contributed by atoms with Crippen LogP contribution in [0.5, 0.6) is 0 Å². The molecule has 1 heterocycles. The highest BCUT2D eigenvalue weighted by molar-refractivity contribution is 5.91. The molecule has 1 aromatic heterocycles. The van der Waals surface area contributed by atoms with Gasteiger partial charge in [0.25, 0.3) is 11.2 Å². The Kier molecular flexibility index (Phi) is 7.22. The van der Waals surface area contributed by atoms with Crippen LogP contribution in [0.3, 0.4) is 0 Å². The van der Waals surface area contributed by atoms with E-state index in [0.717, 1.165) is 22.8 Å². The maximum Gasteiger partial charge on any atom is 0.407 e. The number of carbonyl (C=O) groups excluding carboxylic acids is 1. The second-order valence-corrected chi connectivity index (χ2v) is 8.88. The average Bonchev–Trinajstić information content (AvgIpc) is 2.90. The summed E-state index contributed by atoms with van der Waals surface area (Å²) in [6.45, 7) is 11.1. The van der Waals surface area contributed by atoms with Crippen LogP contribution in [0.1, 0.15) is 32.6 Å². The molecule has 8 heteroatoms. The van der Waals surface area contributed by atoms with Gasteiger partial charge in [0.15, 0.2) is 0 Å². The van der Waals surface area contributed by atoms with E-state index in [1.165, 1.54) is 11.7 Å². The first kappa shape index (κ1) is 26.4. The molecular formula is C30H23F3N2O3. The van der Waals surface area contributed by atoms with Crippen LogP contribution in [0.4, 0.5) is 18.9 Å². The van der Waals surface area contributed by atoms with E-state index in [-0.39, 0.29) is 12.2 Å². The topological polar surface area (TPSA) is 52.7 Å². The third-order valence-corrected chi connectivity index (χ3v) is 6.29. The van der Waals surface area contributed by atoms with Gasteiger partial charge in [-0.2, -0.15) is 13.2 Å². The summed E-state index contributed by atoms with van der Waals surface area (Å²) in [6.07, 6.45) is -4.89. The first-order valence-electron chi connectivity index (χ1n) is 11.6. The van der Waals surface area contributed by atoms with Crippen molar-refractivity contribution in [2.75, 3.05) is 7.11 Å². The minimum Gasteiger partial charge on any atom is -0.465 e. The van der Waals surface area contributed by atoms with Crippen molar-refractivity contribution in [3.63, 3.8) is 0 Å². The zero-order valence-corrected chi connectivity index (χ0v) is 20.9. The number of halogens is 3. The highest BCUT2D eigenvalue weighted by atomic mass is 19.4. The van der Waals surface area contributed by atoms with Gasteiger partial charge in [-0.25, -0.2) is 9.64 Å². The summed E-state index contributed by atoms with van der Waals surface area (Å²) in [5.74, 6) is -0.519. The third kappa shape index (κ3) is 5.23. The fourth-order valence-corrected chi connectivity index (χ4v) is 4.35. The van der Waals surface area contributed by atoms with Gasteiger partial charge < -0.3 is 9.30 Å². The Hall–Kier alpha value is -4.64. The number of carbonyl (C=O) groups is 1. The third-order valence-electron chi connectivity index (χ3n) is 6.29. The van der Waals surface area contributed by atoms with Gasteiger partial charge in [-0.05, 0) is 65.9 Å². The summed E-state index contributed by atoms with van der Waals surface area (Å²) in [6, 6.07) is 19.8. The highest BCUT2D eigenvalue weighted by Gasteiger charge is 2.36. The lowest BCUT2D eigenvalue weighted by molar-refractivity contribution is -0.136. The van der Waals surface area contributed by atoms with Crippen molar-refractivity contribution in [3.8, 4) is 22.4 Å². The van der Waals surface area contributed by atoms with Crippen molar-refractivity contribution in [1.29, 1.82) is 0 Å². The van der Waals surface area contributed by atoms with E-state index < -0.39 is 29.0 Å². The van der Waals surface area contributed by atoms with Gasteiger partial charge in [-0.1, -0.05) is 54.1 Å². The smallest absolute Gasteiger partial charge is 0.407 e. The second-order valence-electron chi connectivity index (χ2n) is 8.88. The maximum atomic E-state index is 13.9. The summed E-state index contributed by atoms with van der Waals surface area (Å²) < 4.78 is 47.8. The molecule has 0 bridgehead atoms. The van der Waals surface area contributed by atoms with E-state index in [1.807, 2.05) is 32.0 Å². The van der Waals surface area contributed by atoms with Gasteiger partial charge in [0, 0.05) is 5.69 Å². The van der Waals surface area contributed by atoms with Crippen molar-refractivity contribution < 1.29 is 22.7 Å². The monoisotopic (exact) mass is 516 g/mol. The summed E-state index contributed by atoms with van der Waals surface area (Å²) in [7, 11) is 1.27. The molecule has 0 unspecified atom stereocenters. The number of aromatic nitrogens is 1. The molecule has 0 spiro atoms. The lowest BCUT2D eigenvalue weighted by atomic mass is 9.98. The van der Waals surface area contributed by atoms with Gasteiger partial charge in [-0.3, -0.25) is 4.79 Å². The molecule has 0 aliphatic carbocycles. The summed E-state index contributed by atoms with van der Waals surface area (Å²) in [5.41, 5.74) is 1.36. The normalized spacial score (nSPS) is 11.2. The fourth-order valence-electron chi connectivity index (χ4n) is 4.35. The van der Waals surface area contributed by atoms with Gasteiger partial charge in [0.1, 0.15) is 0 Å². The fraction of sp³-hybridized carbons (Fsp3) is 0.167. The SMILES string of the molecule is [C-]#[N+]c1c(C(F)(F)F)cc(-c2cccc(-c3cccc(C(=O)OC)c3)c2)n(Cc2ccc(C)cc2C)c1=O. The molecule has 38 heavy (non-hydrogen) atoms. The lowest BCUT2D eigenvalue weighted by Crippen LogP contribution is -2.25. The Morgan fingerprint density at radius 1 is 0.947 bits per heavy atom. The van der Waals surface area contributed by atoms with Gasteiger partial charge >= 0.3 is 12.1 Å². The van der Waals surface area contributed by atoms with Crippen LogP contribution in [-0.4, -0.2) is 17.6 Å². The zero-order valence-electron chi connectivity index (χ0n) is 20.9. The molecule has 192 valence electrons. The Balaban J connectivity index is 1.95. The van der Waals surface area contributed by atoms with Gasteiger partial charge in [0.2, 0.25) is 0 Å². The van der Waals surface area contributed by atoms with Crippen LogP contribution in [0, 0.1) is 20.4 Å². The molecule has 0 atom stereocenters. The Bertz CT molecular complexity index is 1650. The van der Waals surface area contributed by atoms with Crippen LogP contribution in [0.25, 0.3) is 27.2 Å². The number of aryl methyl sites for hydroxylation is 2. The predicted molar refractivity (Wildman–Crippen MR) is 139 cm³/mol. The summed E-state index contributed by atoms with van der Waals surface area (Å²) >= 11 is 0. The van der Waals surface area contributed by atoms with Crippen molar-refractivity contribution in [1.82, 2.24) is 4.57 Å². The number of hydrogen-bond acceptors (Lipinski definition) is 3. The van der Waals surface area contributed by atoms with Gasteiger partial charge in [0.05, 0.1) is 31.4 Å². The van der Waals surface area contributed by atoms with Crippen LogP contribution in [-0.2, 0) is 17.5 Å². The molecule has 0 aliphatic heterocycles. The number of alkyl halides is 3. The molecule has 4 rings (SSSR count). The number of hydrogen-bond donors (Lipinski definition) is 0. The first-order chi connectivity index (χ1) is 18.0. The maximum absolute atomic E-state index is 13.9. The van der Waals surface area contributed by atoms with Crippen LogP contribution >= 0.6 is 0 Å². The molecule has 0 radical (unpaired) electrons. The van der Waals surface area contributed by atoms with Crippen LogP contribution < -0.4 is 5.56 Å². The van der Waals surface area contributed by atoms with E-state index >= 15 is 0 Å². The number of methoxy groups -OCH3 is 1. The summed E-state index contributed by atoms with van der Waals surface area (Å²) in [4.78, 5) is 28.3. The number of pyridine rings is 1. The van der Waals surface area contributed by atoms with Crippen LogP contribution in [0.15, 0.2) is 77.6 Å².